The Labute approximate surface area is 129 Å². The Morgan fingerprint density at radius 2 is 2.32 bits per heavy atom. The third-order valence-corrected chi connectivity index (χ3v) is 3.97. The lowest BCUT2D eigenvalue weighted by atomic mass is 9.92. The zero-order valence-corrected chi connectivity index (χ0v) is 12.7. The van der Waals surface area contributed by atoms with Gasteiger partial charge < -0.3 is 21.1 Å². The number of pyridine rings is 1. The predicted octanol–water partition coefficient (Wildman–Crippen LogP) is 0.103. The van der Waals surface area contributed by atoms with E-state index in [2.05, 4.69) is 17.2 Å². The Hall–Kier alpha value is -2.15. The molecule has 2 atom stereocenters. The van der Waals surface area contributed by atoms with Gasteiger partial charge in [-0.2, -0.15) is 0 Å². The molecule has 1 saturated heterocycles. The first-order valence-electron chi connectivity index (χ1n) is 7.44. The minimum absolute atomic E-state index is 0.0244. The summed E-state index contributed by atoms with van der Waals surface area (Å²) in [4.78, 5) is 29.7. The summed E-state index contributed by atoms with van der Waals surface area (Å²) < 4.78 is 0. The number of carbonyl (C=O) groups excluding carboxylic acids is 2. The van der Waals surface area contributed by atoms with Gasteiger partial charge in [0, 0.05) is 25.3 Å². The lowest BCUT2D eigenvalue weighted by Crippen LogP contribution is -2.52. The molecule has 0 spiro atoms. The number of aromatic hydroxyl groups is 1. The van der Waals surface area contributed by atoms with E-state index in [4.69, 9.17) is 5.73 Å². The van der Waals surface area contributed by atoms with Crippen LogP contribution in [-0.2, 0) is 4.79 Å². The van der Waals surface area contributed by atoms with Crippen LogP contribution in [0.2, 0.25) is 0 Å². The summed E-state index contributed by atoms with van der Waals surface area (Å²) in [6.07, 6.45) is 3.24. The summed E-state index contributed by atoms with van der Waals surface area (Å²) in [7, 11) is 0. The number of nitrogens with one attached hydrogen (secondary N) is 1. The molecule has 2 amide bonds. The molecule has 0 aliphatic carbocycles. The number of hydrogen-bond donors (Lipinski definition) is 3. The van der Waals surface area contributed by atoms with Gasteiger partial charge in [0.2, 0.25) is 5.91 Å². The van der Waals surface area contributed by atoms with E-state index in [0.717, 1.165) is 12.8 Å². The number of piperidine rings is 1. The van der Waals surface area contributed by atoms with Crippen LogP contribution < -0.4 is 11.1 Å². The van der Waals surface area contributed by atoms with Gasteiger partial charge in [-0.15, -0.1) is 0 Å². The fourth-order valence-electron chi connectivity index (χ4n) is 2.72. The molecule has 0 aromatic carbocycles. The van der Waals surface area contributed by atoms with Crippen LogP contribution in [0.1, 0.15) is 30.3 Å². The summed E-state index contributed by atoms with van der Waals surface area (Å²) >= 11 is 0. The Balaban J connectivity index is 1.92. The van der Waals surface area contributed by atoms with Crippen molar-refractivity contribution >= 4 is 11.8 Å². The maximum atomic E-state index is 12.3. The number of likely N-dealkylation sites (tertiary alicyclic amines) is 1. The van der Waals surface area contributed by atoms with E-state index < -0.39 is 5.91 Å². The van der Waals surface area contributed by atoms with E-state index in [1.165, 1.54) is 18.3 Å². The van der Waals surface area contributed by atoms with E-state index in [0.29, 0.717) is 19.0 Å². The number of hydrogen-bond acceptors (Lipinski definition) is 5. The summed E-state index contributed by atoms with van der Waals surface area (Å²) in [6, 6.07) is 2.93. The number of aromatic nitrogens is 1. The van der Waals surface area contributed by atoms with Crippen LogP contribution in [0.5, 0.6) is 5.75 Å². The Morgan fingerprint density at radius 3 is 3.00 bits per heavy atom. The van der Waals surface area contributed by atoms with Crippen molar-refractivity contribution in [1.82, 2.24) is 15.2 Å². The molecular formula is C15H22N4O3. The molecule has 22 heavy (non-hydrogen) atoms. The maximum Gasteiger partial charge on any atom is 0.274 e. The standard InChI is InChI=1S/C15H22N4O3/c1-10-4-6-19(11(7-10)8-16)13(21)9-18-15(22)14-12(20)3-2-5-17-14/h2-3,5,10-11,20H,4,6-9,16H2,1H3,(H,18,22)/t10-,11+/m1/s1. The Bertz CT molecular complexity index is 549. The molecule has 4 N–H and O–H groups in total. The molecule has 1 aromatic rings. The molecule has 1 aliphatic rings. The third-order valence-electron chi connectivity index (χ3n) is 3.97. The van der Waals surface area contributed by atoms with Crippen LogP contribution in [-0.4, -0.2) is 52.5 Å². The molecule has 0 bridgehead atoms. The van der Waals surface area contributed by atoms with E-state index in [9.17, 15) is 14.7 Å². The normalized spacial score (nSPS) is 21.5. The first kappa shape index (κ1) is 16.2. The average molecular weight is 306 g/mol. The van der Waals surface area contributed by atoms with E-state index in [1.54, 1.807) is 4.90 Å². The van der Waals surface area contributed by atoms with Crippen molar-refractivity contribution < 1.29 is 14.7 Å². The highest BCUT2D eigenvalue weighted by Crippen LogP contribution is 2.21. The Morgan fingerprint density at radius 1 is 1.55 bits per heavy atom. The monoisotopic (exact) mass is 306 g/mol. The van der Waals surface area contributed by atoms with Gasteiger partial charge in [-0.1, -0.05) is 6.92 Å². The molecule has 0 saturated carbocycles. The highest BCUT2D eigenvalue weighted by atomic mass is 16.3. The van der Waals surface area contributed by atoms with Crippen LogP contribution in [0.15, 0.2) is 18.3 Å². The highest BCUT2D eigenvalue weighted by Gasteiger charge is 2.29. The van der Waals surface area contributed by atoms with E-state index >= 15 is 0 Å². The van der Waals surface area contributed by atoms with Gasteiger partial charge >= 0.3 is 0 Å². The molecule has 0 unspecified atom stereocenters. The predicted molar refractivity (Wildman–Crippen MR) is 81.2 cm³/mol. The maximum absolute atomic E-state index is 12.3. The Kier molecular flexibility index (Phi) is 5.32. The fraction of sp³-hybridized carbons (Fsp3) is 0.533. The molecule has 2 heterocycles. The van der Waals surface area contributed by atoms with Crippen molar-refractivity contribution in [2.24, 2.45) is 11.7 Å². The van der Waals surface area contributed by atoms with Crippen LogP contribution in [0.4, 0.5) is 0 Å². The topological polar surface area (TPSA) is 109 Å². The van der Waals surface area contributed by atoms with Gasteiger partial charge in [-0.05, 0) is 30.9 Å². The van der Waals surface area contributed by atoms with Crippen molar-refractivity contribution in [2.45, 2.75) is 25.8 Å². The van der Waals surface area contributed by atoms with Crippen molar-refractivity contribution in [1.29, 1.82) is 0 Å². The lowest BCUT2D eigenvalue weighted by molar-refractivity contribution is -0.134. The SMILES string of the molecule is C[C@@H]1CCN(C(=O)CNC(=O)c2ncccc2O)[C@H](CN)C1. The number of rotatable bonds is 4. The second-order valence-corrected chi connectivity index (χ2v) is 5.66. The van der Waals surface area contributed by atoms with Crippen LogP contribution >= 0.6 is 0 Å². The van der Waals surface area contributed by atoms with E-state index in [1.807, 2.05) is 0 Å². The quantitative estimate of drug-likeness (QED) is 0.731. The smallest absolute Gasteiger partial charge is 0.274 e. The van der Waals surface area contributed by atoms with Gasteiger partial charge in [0.05, 0.1) is 6.54 Å². The lowest BCUT2D eigenvalue weighted by Gasteiger charge is -2.38. The van der Waals surface area contributed by atoms with Gasteiger partial charge in [0.15, 0.2) is 5.69 Å². The molecule has 7 nitrogen and oxygen atoms in total. The van der Waals surface area contributed by atoms with Gasteiger partial charge in [0.25, 0.3) is 5.91 Å². The molecule has 1 fully saturated rings. The van der Waals surface area contributed by atoms with Crippen molar-refractivity contribution in [2.75, 3.05) is 19.6 Å². The first-order chi connectivity index (χ1) is 10.5. The molecule has 0 radical (unpaired) electrons. The fourth-order valence-corrected chi connectivity index (χ4v) is 2.72. The van der Waals surface area contributed by atoms with Crippen LogP contribution in [0.25, 0.3) is 0 Å². The molecule has 1 aromatic heterocycles. The summed E-state index contributed by atoms with van der Waals surface area (Å²) in [5.74, 6) is -0.385. The minimum Gasteiger partial charge on any atom is -0.505 e. The van der Waals surface area contributed by atoms with Gasteiger partial charge in [0.1, 0.15) is 5.75 Å². The summed E-state index contributed by atoms with van der Waals surface area (Å²) in [5.41, 5.74) is 5.65. The molecule has 7 heteroatoms. The largest absolute Gasteiger partial charge is 0.505 e. The highest BCUT2D eigenvalue weighted by molar-refractivity contribution is 5.96. The van der Waals surface area contributed by atoms with Gasteiger partial charge in [-0.3, -0.25) is 9.59 Å². The third kappa shape index (κ3) is 3.73. The van der Waals surface area contributed by atoms with Crippen LogP contribution in [0.3, 0.4) is 0 Å². The van der Waals surface area contributed by atoms with E-state index in [-0.39, 0.29) is 29.9 Å². The number of carbonyl (C=O) groups is 2. The minimum atomic E-state index is -0.568. The number of amides is 2. The van der Waals surface area contributed by atoms with Gasteiger partial charge in [-0.25, -0.2) is 4.98 Å². The summed E-state index contributed by atoms with van der Waals surface area (Å²) in [5, 5.41) is 12.1. The first-order valence-corrected chi connectivity index (χ1v) is 7.44. The number of nitrogens with two attached hydrogens (primary N) is 1. The summed E-state index contributed by atoms with van der Waals surface area (Å²) in [6.45, 7) is 3.10. The van der Waals surface area contributed by atoms with Crippen molar-refractivity contribution in [3.8, 4) is 5.75 Å². The zero-order chi connectivity index (χ0) is 16.1. The second-order valence-electron chi connectivity index (χ2n) is 5.66. The average Bonchev–Trinajstić information content (AvgIpc) is 2.52. The van der Waals surface area contributed by atoms with Crippen molar-refractivity contribution in [3.63, 3.8) is 0 Å². The van der Waals surface area contributed by atoms with Crippen LogP contribution in [0, 0.1) is 5.92 Å². The zero-order valence-electron chi connectivity index (χ0n) is 12.7. The molecule has 2 rings (SSSR count). The number of nitrogens with zero attached hydrogens (tertiary/aromatic N) is 2. The molecular weight excluding hydrogens is 284 g/mol. The molecule has 120 valence electrons. The van der Waals surface area contributed by atoms with Crippen molar-refractivity contribution in [3.05, 3.63) is 24.0 Å². The molecule has 1 aliphatic heterocycles. The second kappa shape index (κ2) is 7.22.